The van der Waals surface area contributed by atoms with Crippen molar-refractivity contribution >= 4 is 17.3 Å². The van der Waals surface area contributed by atoms with Gasteiger partial charge < -0.3 is 4.42 Å². The smallest absolute Gasteiger partial charge is 0.269 e. The van der Waals surface area contributed by atoms with Crippen molar-refractivity contribution in [3.8, 4) is 23.5 Å². The Morgan fingerprint density at radius 3 is 2.27 bits per heavy atom. The molecule has 6 heteroatoms. The number of non-ortho nitro benzene ring substituents is 1. The molecule has 3 rings (SSSR count). The van der Waals surface area contributed by atoms with Gasteiger partial charge in [-0.2, -0.15) is 10.5 Å². The molecule has 124 valence electrons. The van der Waals surface area contributed by atoms with Gasteiger partial charge in [-0.25, -0.2) is 0 Å². The lowest BCUT2D eigenvalue weighted by Crippen LogP contribution is -1.88. The van der Waals surface area contributed by atoms with Crippen LogP contribution in [0.15, 0.2) is 65.1 Å². The van der Waals surface area contributed by atoms with Gasteiger partial charge in [0.1, 0.15) is 11.5 Å². The molecule has 0 atom stereocenters. The van der Waals surface area contributed by atoms with Crippen LogP contribution < -0.4 is 0 Å². The van der Waals surface area contributed by atoms with E-state index in [9.17, 15) is 15.4 Å². The SMILES string of the molecule is N#C/C(=C/c1ccc(-c2ccc(C#N)cc2)o1)c1ccc([N+](=O)[O-])cc1. The molecular formula is C20H11N3O3. The number of allylic oxidation sites excluding steroid dienone is 1. The minimum atomic E-state index is -0.490. The van der Waals surface area contributed by atoms with Gasteiger partial charge in [0.05, 0.1) is 28.2 Å². The molecule has 0 aliphatic carbocycles. The fourth-order valence-electron chi connectivity index (χ4n) is 2.38. The number of nitro groups is 1. The fourth-order valence-corrected chi connectivity index (χ4v) is 2.38. The highest BCUT2D eigenvalue weighted by Crippen LogP contribution is 2.26. The van der Waals surface area contributed by atoms with Crippen molar-refractivity contribution in [2.24, 2.45) is 0 Å². The maximum absolute atomic E-state index is 10.7. The van der Waals surface area contributed by atoms with Crippen LogP contribution >= 0.6 is 0 Å². The Morgan fingerprint density at radius 2 is 1.69 bits per heavy atom. The first-order valence-electron chi connectivity index (χ1n) is 7.57. The highest BCUT2D eigenvalue weighted by atomic mass is 16.6. The Morgan fingerprint density at radius 1 is 1.00 bits per heavy atom. The van der Waals surface area contributed by atoms with Gasteiger partial charge in [-0.3, -0.25) is 10.1 Å². The molecule has 1 aromatic heterocycles. The molecule has 2 aromatic carbocycles. The summed E-state index contributed by atoms with van der Waals surface area (Å²) in [7, 11) is 0. The Labute approximate surface area is 149 Å². The highest BCUT2D eigenvalue weighted by molar-refractivity contribution is 5.89. The van der Waals surface area contributed by atoms with E-state index in [2.05, 4.69) is 12.1 Å². The summed E-state index contributed by atoms with van der Waals surface area (Å²) in [5.41, 5.74) is 2.24. The van der Waals surface area contributed by atoms with E-state index in [0.29, 0.717) is 28.2 Å². The monoisotopic (exact) mass is 341 g/mol. The first-order valence-corrected chi connectivity index (χ1v) is 7.57. The van der Waals surface area contributed by atoms with Crippen LogP contribution in [0.1, 0.15) is 16.9 Å². The van der Waals surface area contributed by atoms with Crippen molar-refractivity contribution in [1.29, 1.82) is 10.5 Å². The van der Waals surface area contributed by atoms with Crippen LogP contribution in [-0.2, 0) is 0 Å². The molecule has 3 aromatic rings. The van der Waals surface area contributed by atoms with E-state index in [-0.39, 0.29) is 5.69 Å². The maximum atomic E-state index is 10.7. The van der Waals surface area contributed by atoms with Gasteiger partial charge in [0.2, 0.25) is 0 Å². The van der Waals surface area contributed by atoms with Gasteiger partial charge in [0.15, 0.2) is 0 Å². The third-order valence-corrected chi connectivity index (χ3v) is 3.72. The molecule has 0 aliphatic rings. The van der Waals surface area contributed by atoms with E-state index in [1.807, 2.05) is 0 Å². The van der Waals surface area contributed by atoms with Gasteiger partial charge >= 0.3 is 0 Å². The maximum Gasteiger partial charge on any atom is 0.269 e. The highest BCUT2D eigenvalue weighted by Gasteiger charge is 2.09. The van der Waals surface area contributed by atoms with Crippen LogP contribution in [0.4, 0.5) is 5.69 Å². The quantitative estimate of drug-likeness (QED) is 0.385. The molecule has 0 unspecified atom stereocenters. The van der Waals surface area contributed by atoms with E-state index in [1.54, 1.807) is 42.5 Å². The summed E-state index contributed by atoms with van der Waals surface area (Å²) >= 11 is 0. The summed E-state index contributed by atoms with van der Waals surface area (Å²) in [6, 6.07) is 20.4. The standard InChI is InChI=1S/C20H11N3O3/c21-12-14-1-3-16(4-2-14)20-10-9-19(26-20)11-17(13-22)15-5-7-18(8-6-15)23(24)25/h1-11H/b17-11-. The second-order valence-corrected chi connectivity index (χ2v) is 5.36. The van der Waals surface area contributed by atoms with Gasteiger partial charge in [-0.05, 0) is 60.2 Å². The summed E-state index contributed by atoms with van der Waals surface area (Å²) in [6.07, 6.45) is 1.58. The van der Waals surface area contributed by atoms with Crippen molar-refractivity contribution in [3.05, 3.63) is 87.7 Å². The molecule has 0 bridgehead atoms. The van der Waals surface area contributed by atoms with Gasteiger partial charge in [0, 0.05) is 17.7 Å². The van der Waals surface area contributed by atoms with Crippen LogP contribution in [0.2, 0.25) is 0 Å². The fraction of sp³-hybridized carbons (Fsp3) is 0. The van der Waals surface area contributed by atoms with Crippen molar-refractivity contribution in [3.63, 3.8) is 0 Å². The molecule has 0 spiro atoms. The second kappa shape index (κ2) is 7.16. The number of hydrogen-bond acceptors (Lipinski definition) is 5. The van der Waals surface area contributed by atoms with Gasteiger partial charge in [0.25, 0.3) is 5.69 Å². The number of rotatable bonds is 4. The topological polar surface area (TPSA) is 104 Å². The van der Waals surface area contributed by atoms with E-state index >= 15 is 0 Å². The predicted octanol–water partition coefficient (Wildman–Crippen LogP) is 4.79. The second-order valence-electron chi connectivity index (χ2n) is 5.36. The Balaban J connectivity index is 1.88. The van der Waals surface area contributed by atoms with Crippen LogP contribution in [-0.4, -0.2) is 4.92 Å². The Bertz CT molecular complexity index is 1060. The molecule has 6 nitrogen and oxygen atoms in total. The van der Waals surface area contributed by atoms with Crippen molar-refractivity contribution < 1.29 is 9.34 Å². The van der Waals surface area contributed by atoms with Gasteiger partial charge in [-0.1, -0.05) is 0 Å². The van der Waals surface area contributed by atoms with Gasteiger partial charge in [-0.15, -0.1) is 0 Å². The lowest BCUT2D eigenvalue weighted by atomic mass is 10.1. The molecule has 26 heavy (non-hydrogen) atoms. The summed E-state index contributed by atoms with van der Waals surface area (Å²) in [6.45, 7) is 0. The van der Waals surface area contributed by atoms with E-state index in [1.165, 1.54) is 24.3 Å². The average Bonchev–Trinajstić information content (AvgIpc) is 3.15. The largest absolute Gasteiger partial charge is 0.457 e. The number of benzene rings is 2. The molecule has 0 saturated carbocycles. The lowest BCUT2D eigenvalue weighted by Gasteiger charge is -1.99. The number of hydrogen-bond donors (Lipinski definition) is 0. The Kier molecular flexibility index (Phi) is 4.60. The van der Waals surface area contributed by atoms with E-state index in [0.717, 1.165) is 5.56 Å². The first kappa shape index (κ1) is 16.7. The number of nitriles is 2. The Hall–Kier alpha value is -4.16. The number of nitrogens with zero attached hydrogens (tertiary/aromatic N) is 3. The zero-order valence-corrected chi connectivity index (χ0v) is 13.4. The number of nitro benzene ring substituents is 1. The number of furan rings is 1. The normalized spacial score (nSPS) is 10.8. The molecule has 1 heterocycles. The van der Waals surface area contributed by atoms with Crippen LogP contribution in [0.3, 0.4) is 0 Å². The van der Waals surface area contributed by atoms with Crippen LogP contribution in [0.5, 0.6) is 0 Å². The van der Waals surface area contributed by atoms with Crippen molar-refractivity contribution in [2.75, 3.05) is 0 Å². The summed E-state index contributed by atoms with van der Waals surface area (Å²) in [5.74, 6) is 1.10. The molecule has 0 N–H and O–H groups in total. The zero-order chi connectivity index (χ0) is 18.5. The van der Waals surface area contributed by atoms with Crippen LogP contribution in [0, 0.1) is 32.8 Å². The van der Waals surface area contributed by atoms with Crippen molar-refractivity contribution in [2.45, 2.75) is 0 Å². The molecule has 0 amide bonds. The molecule has 0 saturated heterocycles. The van der Waals surface area contributed by atoms with E-state index < -0.39 is 4.92 Å². The molecule has 0 aliphatic heterocycles. The molecule has 0 fully saturated rings. The average molecular weight is 341 g/mol. The minimum Gasteiger partial charge on any atom is -0.457 e. The predicted molar refractivity (Wildman–Crippen MR) is 95.4 cm³/mol. The summed E-state index contributed by atoms with van der Waals surface area (Å²) in [4.78, 5) is 10.2. The molecule has 0 radical (unpaired) electrons. The third-order valence-electron chi connectivity index (χ3n) is 3.72. The first-order chi connectivity index (χ1) is 12.6. The minimum absolute atomic E-state index is 0.0351. The molecular weight excluding hydrogens is 330 g/mol. The van der Waals surface area contributed by atoms with Crippen LogP contribution in [0.25, 0.3) is 23.0 Å². The third kappa shape index (κ3) is 3.50. The van der Waals surface area contributed by atoms with Crippen molar-refractivity contribution in [1.82, 2.24) is 0 Å². The van der Waals surface area contributed by atoms with E-state index in [4.69, 9.17) is 9.68 Å². The zero-order valence-electron chi connectivity index (χ0n) is 13.4. The lowest BCUT2D eigenvalue weighted by molar-refractivity contribution is -0.384. The summed E-state index contributed by atoms with van der Waals surface area (Å²) in [5, 5.41) is 28.9. The summed E-state index contributed by atoms with van der Waals surface area (Å²) < 4.78 is 5.74.